The number of Topliss-reactive ketones (excluding diaryl/α,β-unsaturated/α-hetero) is 1. The second kappa shape index (κ2) is 9.68. The Bertz CT molecular complexity index is 634. The van der Waals surface area contributed by atoms with E-state index in [1.54, 1.807) is 0 Å². The van der Waals surface area contributed by atoms with E-state index in [0.29, 0.717) is 12.8 Å². The molecule has 1 rings (SSSR count). The topological polar surface area (TPSA) is 52.6 Å². The summed E-state index contributed by atoms with van der Waals surface area (Å²) in [7, 11) is -2.02. The average molecular weight is 425 g/mol. The smallest absolute Gasteiger partial charge is 0.305 e. The molecule has 0 saturated heterocycles. The van der Waals surface area contributed by atoms with Crippen LogP contribution < -0.4 is 0 Å². The molecule has 0 radical (unpaired) electrons. The molecule has 1 atom stereocenters. The molecule has 0 saturated carbocycles. The third-order valence-corrected chi connectivity index (χ3v) is 12.7. The van der Waals surface area contributed by atoms with Gasteiger partial charge in [0.2, 0.25) is 0 Å². The number of carbonyl (C=O) groups is 2. The van der Waals surface area contributed by atoms with Crippen molar-refractivity contribution in [1.82, 2.24) is 0 Å². The Labute approximate surface area is 173 Å². The first-order valence-corrected chi connectivity index (χ1v) is 16.8. The number of ether oxygens (including phenoxy) is 1. The Morgan fingerprint density at radius 1 is 1.21 bits per heavy atom. The van der Waals surface area contributed by atoms with E-state index in [1.165, 1.54) is 12.3 Å². The molecule has 6 heteroatoms. The van der Waals surface area contributed by atoms with Crippen LogP contribution in [0.5, 0.6) is 0 Å². The van der Waals surface area contributed by atoms with Crippen LogP contribution in [0.25, 0.3) is 0 Å². The number of methoxy groups -OCH3 is 1. The van der Waals surface area contributed by atoms with Crippen LogP contribution in [-0.2, 0) is 18.8 Å². The highest BCUT2D eigenvalue weighted by atomic mass is 28.4. The summed E-state index contributed by atoms with van der Waals surface area (Å²) in [5, 5.41) is 1.51. The minimum absolute atomic E-state index is 0.0781. The van der Waals surface area contributed by atoms with E-state index in [0.717, 1.165) is 24.8 Å². The van der Waals surface area contributed by atoms with Crippen LogP contribution in [-0.4, -0.2) is 41.4 Å². The molecular weight excluding hydrogens is 384 g/mol. The van der Waals surface area contributed by atoms with Crippen molar-refractivity contribution in [2.45, 2.75) is 96.8 Å². The summed E-state index contributed by atoms with van der Waals surface area (Å²) in [6, 6.07) is 0. The molecule has 0 fully saturated rings. The highest BCUT2D eigenvalue weighted by Crippen LogP contribution is 2.39. The molecule has 0 spiro atoms. The lowest BCUT2D eigenvalue weighted by molar-refractivity contribution is -0.140. The Kier molecular flexibility index (Phi) is 8.66. The monoisotopic (exact) mass is 424 g/mol. The van der Waals surface area contributed by atoms with Gasteiger partial charge in [-0.25, -0.2) is 0 Å². The molecule has 28 heavy (non-hydrogen) atoms. The summed E-state index contributed by atoms with van der Waals surface area (Å²) in [6.07, 6.45) is 7.52. The van der Waals surface area contributed by atoms with Gasteiger partial charge in [-0.15, -0.1) is 0 Å². The van der Waals surface area contributed by atoms with Gasteiger partial charge in [-0.1, -0.05) is 51.7 Å². The van der Waals surface area contributed by atoms with Gasteiger partial charge in [-0.05, 0) is 49.0 Å². The van der Waals surface area contributed by atoms with E-state index in [4.69, 9.17) is 9.16 Å². The number of rotatable bonds is 9. The summed E-state index contributed by atoms with van der Waals surface area (Å²) >= 11 is 0. The van der Waals surface area contributed by atoms with E-state index >= 15 is 0 Å². The molecule has 0 aromatic rings. The molecular formula is C22H40O4Si2. The first-order valence-electron chi connectivity index (χ1n) is 10.4. The third-order valence-electron chi connectivity index (χ3n) is 5.93. The molecule has 160 valence electrons. The van der Waals surface area contributed by atoms with Crippen LogP contribution in [0.15, 0.2) is 22.9 Å². The van der Waals surface area contributed by atoms with Crippen molar-refractivity contribution in [3.8, 4) is 0 Å². The van der Waals surface area contributed by atoms with Crippen molar-refractivity contribution in [2.24, 2.45) is 0 Å². The molecule has 0 aliphatic heterocycles. The first kappa shape index (κ1) is 25.1. The fourth-order valence-corrected chi connectivity index (χ4v) is 5.69. The number of carbonyl (C=O) groups excluding carboxylic acids is 2. The molecule has 1 aliphatic rings. The zero-order chi connectivity index (χ0) is 21.8. The first-order chi connectivity index (χ1) is 12.7. The minimum Gasteiger partial charge on any atom is -0.469 e. The number of hydrogen-bond donors (Lipinski definition) is 0. The lowest BCUT2D eigenvalue weighted by Gasteiger charge is -2.37. The van der Waals surface area contributed by atoms with Crippen molar-refractivity contribution < 1.29 is 18.8 Å². The highest BCUT2D eigenvalue weighted by molar-refractivity contribution is 6.83. The molecule has 0 amide bonds. The largest absolute Gasteiger partial charge is 0.469 e. The van der Waals surface area contributed by atoms with Crippen molar-refractivity contribution in [3.05, 3.63) is 22.9 Å². The van der Waals surface area contributed by atoms with Gasteiger partial charge in [0.05, 0.1) is 21.3 Å². The Balaban J connectivity index is 2.85. The van der Waals surface area contributed by atoms with Gasteiger partial charge < -0.3 is 9.16 Å². The van der Waals surface area contributed by atoms with E-state index < -0.39 is 16.4 Å². The summed E-state index contributed by atoms with van der Waals surface area (Å²) in [5.74, 6) is 0.0599. The lowest BCUT2D eigenvalue weighted by atomic mass is 10.1. The van der Waals surface area contributed by atoms with Gasteiger partial charge in [0.25, 0.3) is 0 Å². The van der Waals surface area contributed by atoms with Gasteiger partial charge in [-0.3, -0.25) is 9.59 Å². The fraction of sp³-hybridized carbons (Fsp3) is 0.727. The van der Waals surface area contributed by atoms with Crippen molar-refractivity contribution in [1.29, 1.82) is 0 Å². The molecule has 0 aromatic heterocycles. The molecule has 0 bridgehead atoms. The highest BCUT2D eigenvalue weighted by Gasteiger charge is 2.40. The van der Waals surface area contributed by atoms with E-state index in [2.05, 4.69) is 65.7 Å². The van der Waals surface area contributed by atoms with Crippen LogP contribution in [0.4, 0.5) is 0 Å². The number of esters is 1. The van der Waals surface area contributed by atoms with Crippen molar-refractivity contribution in [2.75, 3.05) is 7.11 Å². The molecule has 0 aromatic carbocycles. The normalized spacial score (nSPS) is 19.0. The standard InChI is InChI=1S/C22H40O4Si2/c1-22(2,3)28(8,9)26-18-14-17(20(23)16-18)15-19(27(5,6)7)12-10-11-13-21(24)25-4/h12,14,18H,10-11,13,15-16H2,1-9H3/b19-12-. The van der Waals surface area contributed by atoms with Gasteiger partial charge >= 0.3 is 5.97 Å². The van der Waals surface area contributed by atoms with Crippen molar-refractivity contribution in [3.63, 3.8) is 0 Å². The van der Waals surface area contributed by atoms with Gasteiger partial charge in [0, 0.05) is 12.8 Å². The predicted octanol–water partition coefficient (Wildman–Crippen LogP) is 5.81. The maximum absolute atomic E-state index is 12.6. The lowest BCUT2D eigenvalue weighted by Crippen LogP contribution is -2.43. The molecule has 4 nitrogen and oxygen atoms in total. The number of allylic oxidation sites excluding steroid dienone is 3. The van der Waals surface area contributed by atoms with Crippen LogP contribution in [0.1, 0.15) is 52.9 Å². The second-order valence-corrected chi connectivity index (χ2v) is 20.3. The Morgan fingerprint density at radius 3 is 2.32 bits per heavy atom. The van der Waals surface area contributed by atoms with Crippen LogP contribution in [0, 0.1) is 0 Å². The Morgan fingerprint density at radius 2 is 1.82 bits per heavy atom. The number of hydrogen-bond acceptors (Lipinski definition) is 4. The SMILES string of the molecule is COC(=O)CCC/C=C(/CC1=CC(O[Si](C)(C)C(C)(C)C)CC1=O)[Si](C)(C)C. The summed E-state index contributed by atoms with van der Waals surface area (Å²) in [6.45, 7) is 18.1. The zero-order valence-electron chi connectivity index (χ0n) is 19.4. The summed E-state index contributed by atoms with van der Waals surface area (Å²) < 4.78 is 11.2. The van der Waals surface area contributed by atoms with Gasteiger partial charge in [0.15, 0.2) is 14.1 Å². The fourth-order valence-electron chi connectivity index (χ4n) is 2.95. The summed E-state index contributed by atoms with van der Waals surface area (Å²) in [4.78, 5) is 23.9. The van der Waals surface area contributed by atoms with Gasteiger partial charge in [0.1, 0.15) is 0 Å². The van der Waals surface area contributed by atoms with Crippen molar-refractivity contribution >= 4 is 28.1 Å². The maximum atomic E-state index is 12.6. The molecule has 1 aliphatic carbocycles. The van der Waals surface area contributed by atoms with E-state index in [1.807, 2.05) is 0 Å². The Hall–Kier alpha value is -0.986. The van der Waals surface area contributed by atoms with Gasteiger partial charge in [-0.2, -0.15) is 0 Å². The molecule has 0 N–H and O–H groups in total. The number of unbranched alkanes of at least 4 members (excludes halogenated alkanes) is 1. The minimum atomic E-state index is -1.89. The van der Waals surface area contributed by atoms with Crippen LogP contribution in [0.2, 0.25) is 37.8 Å². The number of ketones is 1. The summed E-state index contributed by atoms with van der Waals surface area (Å²) in [5.41, 5.74) is 0.908. The van der Waals surface area contributed by atoms with Crippen LogP contribution >= 0.6 is 0 Å². The second-order valence-electron chi connectivity index (χ2n) is 10.4. The predicted molar refractivity (Wildman–Crippen MR) is 122 cm³/mol. The molecule has 0 heterocycles. The third kappa shape index (κ3) is 7.45. The quantitative estimate of drug-likeness (QED) is 0.266. The average Bonchev–Trinajstić information content (AvgIpc) is 2.86. The zero-order valence-corrected chi connectivity index (χ0v) is 21.4. The maximum Gasteiger partial charge on any atom is 0.305 e. The van der Waals surface area contributed by atoms with E-state index in [-0.39, 0.29) is 22.9 Å². The van der Waals surface area contributed by atoms with E-state index in [9.17, 15) is 9.59 Å². The van der Waals surface area contributed by atoms with Crippen LogP contribution in [0.3, 0.4) is 0 Å². The molecule has 1 unspecified atom stereocenters.